The lowest BCUT2D eigenvalue weighted by Gasteiger charge is -2.10. The van der Waals surface area contributed by atoms with Gasteiger partial charge in [0.05, 0.1) is 18.1 Å². The average molecular weight is 363 g/mol. The van der Waals surface area contributed by atoms with E-state index in [1.54, 1.807) is 55.6 Å². The number of benzene rings is 2. The summed E-state index contributed by atoms with van der Waals surface area (Å²) in [5.41, 5.74) is 1.80. The monoisotopic (exact) mass is 363 g/mol. The molecule has 0 aliphatic heterocycles. The number of alkyl halides is 2. The highest BCUT2D eigenvalue weighted by Crippen LogP contribution is 2.28. The van der Waals surface area contributed by atoms with Crippen molar-refractivity contribution < 1.29 is 18.3 Å². The fourth-order valence-corrected chi connectivity index (χ4v) is 2.99. The number of para-hydroxylation sites is 2. The third kappa shape index (κ3) is 4.08. The molecule has 0 atom stereocenters. The number of rotatable bonds is 6. The number of halogens is 2. The number of carbonyl (C=O) groups excluding carboxylic acids is 1. The molecule has 3 aromatic rings. The normalized spacial score (nSPS) is 11.0. The van der Waals surface area contributed by atoms with Gasteiger partial charge >= 0.3 is 0 Å². The van der Waals surface area contributed by atoms with Crippen LogP contribution in [0.25, 0.3) is 11.0 Å². The fraction of sp³-hybridized carbons (Fsp3) is 0.176. The third-order valence-corrected chi connectivity index (χ3v) is 4.19. The van der Waals surface area contributed by atoms with Gasteiger partial charge in [0.2, 0.25) is 5.91 Å². The number of hydrogen-bond donors (Lipinski definition) is 1. The van der Waals surface area contributed by atoms with E-state index < -0.39 is 5.76 Å². The van der Waals surface area contributed by atoms with Gasteiger partial charge in [-0.1, -0.05) is 12.1 Å². The smallest absolute Gasteiger partial charge is 0.291 e. The van der Waals surface area contributed by atoms with Gasteiger partial charge in [-0.3, -0.25) is 4.79 Å². The van der Waals surface area contributed by atoms with E-state index in [1.807, 2.05) is 0 Å². The maximum Gasteiger partial charge on any atom is 0.291 e. The first kappa shape index (κ1) is 17.2. The Labute approximate surface area is 147 Å². The van der Waals surface area contributed by atoms with Crippen molar-refractivity contribution in [2.75, 3.05) is 12.4 Å². The van der Waals surface area contributed by atoms with E-state index in [1.165, 1.54) is 4.57 Å². The van der Waals surface area contributed by atoms with Gasteiger partial charge in [-0.05, 0) is 48.2 Å². The number of methoxy groups -OCH3 is 1. The summed E-state index contributed by atoms with van der Waals surface area (Å²) in [6.45, 7) is -0.110. The van der Waals surface area contributed by atoms with Crippen LogP contribution in [0.5, 0.6) is 5.75 Å². The Balaban J connectivity index is 1.81. The number of amides is 1. The Morgan fingerprint density at radius 1 is 1.24 bits per heavy atom. The van der Waals surface area contributed by atoms with Crippen LogP contribution in [0.3, 0.4) is 0 Å². The summed E-state index contributed by atoms with van der Waals surface area (Å²) in [5, 5.41) is 2.85. The van der Waals surface area contributed by atoms with E-state index in [-0.39, 0.29) is 17.6 Å². The number of ether oxygens (including phenoxy) is 1. The number of carbonyl (C=O) groups is 1. The molecule has 0 radical (unpaired) electrons. The van der Waals surface area contributed by atoms with Gasteiger partial charge in [0, 0.05) is 5.69 Å². The van der Waals surface area contributed by atoms with Gasteiger partial charge in [0.25, 0.3) is 5.76 Å². The Bertz CT molecular complexity index is 881. The lowest BCUT2D eigenvalue weighted by atomic mass is 10.3. The highest BCUT2D eigenvalue weighted by atomic mass is 32.2. The molecule has 130 valence electrons. The van der Waals surface area contributed by atoms with Crippen molar-refractivity contribution in [3.63, 3.8) is 0 Å². The highest BCUT2D eigenvalue weighted by molar-refractivity contribution is 7.99. The second-order valence-electron chi connectivity index (χ2n) is 5.12. The van der Waals surface area contributed by atoms with Gasteiger partial charge in [0.15, 0.2) is 5.16 Å². The molecule has 1 amide bonds. The van der Waals surface area contributed by atoms with Crippen LogP contribution < -0.4 is 10.1 Å². The van der Waals surface area contributed by atoms with Crippen LogP contribution in [-0.4, -0.2) is 28.3 Å². The molecule has 3 rings (SSSR count). The van der Waals surface area contributed by atoms with Crippen LogP contribution in [0, 0.1) is 0 Å². The Hall–Kier alpha value is -2.61. The molecule has 0 saturated heterocycles. The average Bonchev–Trinajstić information content (AvgIpc) is 2.92. The third-order valence-electron chi connectivity index (χ3n) is 3.49. The van der Waals surface area contributed by atoms with Crippen molar-refractivity contribution in [1.29, 1.82) is 0 Å². The molecule has 0 spiro atoms. The lowest BCUT2D eigenvalue weighted by Crippen LogP contribution is -2.19. The zero-order valence-corrected chi connectivity index (χ0v) is 14.1. The molecular weight excluding hydrogens is 348 g/mol. The molecular formula is C17H15F2N3O2S. The van der Waals surface area contributed by atoms with Gasteiger partial charge in [-0.2, -0.15) is 8.78 Å². The Kier molecular flexibility index (Phi) is 5.18. The summed E-state index contributed by atoms with van der Waals surface area (Å²) in [6.07, 6.45) is 0. The van der Waals surface area contributed by atoms with Crippen molar-refractivity contribution in [2.45, 2.75) is 17.5 Å². The maximum atomic E-state index is 12.8. The summed E-state index contributed by atoms with van der Waals surface area (Å²) in [7, 11) is 1.56. The van der Waals surface area contributed by atoms with Crippen molar-refractivity contribution >= 4 is 34.4 Å². The van der Waals surface area contributed by atoms with Crippen molar-refractivity contribution in [1.82, 2.24) is 9.55 Å². The maximum absolute atomic E-state index is 12.8. The second-order valence-corrected chi connectivity index (χ2v) is 6.08. The molecule has 0 bridgehead atoms. The van der Waals surface area contributed by atoms with Crippen LogP contribution in [0.1, 0.15) is 0 Å². The number of nitrogens with zero attached hydrogens (tertiary/aromatic N) is 2. The molecule has 0 unspecified atom stereocenters. The minimum Gasteiger partial charge on any atom is -0.497 e. The molecule has 0 aliphatic carbocycles. The summed E-state index contributed by atoms with van der Waals surface area (Å²) < 4.78 is 32.1. The molecule has 1 N–H and O–H groups in total. The van der Waals surface area contributed by atoms with Crippen LogP contribution in [0.2, 0.25) is 0 Å². The van der Waals surface area contributed by atoms with Gasteiger partial charge in [0.1, 0.15) is 12.3 Å². The van der Waals surface area contributed by atoms with E-state index >= 15 is 0 Å². The lowest BCUT2D eigenvalue weighted by molar-refractivity contribution is -0.116. The van der Waals surface area contributed by atoms with Crippen molar-refractivity contribution in [3.8, 4) is 5.75 Å². The number of fused-ring (bicyclic) bond motifs is 1. The summed E-state index contributed by atoms with van der Waals surface area (Å²) >= 11 is 0.326. The van der Waals surface area contributed by atoms with Gasteiger partial charge < -0.3 is 14.6 Å². The molecule has 2 aromatic carbocycles. The number of nitrogens with one attached hydrogen (secondary N) is 1. The zero-order chi connectivity index (χ0) is 17.8. The van der Waals surface area contributed by atoms with E-state index in [0.29, 0.717) is 34.2 Å². The SMILES string of the molecule is COc1ccc(NC(=O)Cn2c(SC(F)F)nc3ccccc32)cc1. The number of anilines is 1. The molecule has 0 fully saturated rings. The summed E-state index contributed by atoms with van der Waals surface area (Å²) in [5.74, 6) is -2.26. The number of aromatic nitrogens is 2. The van der Waals surface area contributed by atoms with E-state index in [9.17, 15) is 13.6 Å². The molecule has 1 heterocycles. The van der Waals surface area contributed by atoms with E-state index in [4.69, 9.17) is 4.74 Å². The first-order chi connectivity index (χ1) is 12.1. The number of thioether (sulfide) groups is 1. The first-order valence-electron chi connectivity index (χ1n) is 7.41. The van der Waals surface area contributed by atoms with Crippen LogP contribution in [-0.2, 0) is 11.3 Å². The molecule has 0 saturated carbocycles. The second kappa shape index (κ2) is 7.52. The quantitative estimate of drug-likeness (QED) is 0.673. The summed E-state index contributed by atoms with van der Waals surface area (Å²) in [6, 6.07) is 13.9. The number of imidazole rings is 1. The molecule has 0 aliphatic rings. The fourth-order valence-electron chi connectivity index (χ4n) is 2.39. The molecule has 25 heavy (non-hydrogen) atoms. The van der Waals surface area contributed by atoms with Gasteiger partial charge in [-0.25, -0.2) is 4.98 Å². The standard InChI is InChI=1S/C17H15F2N3O2S/c1-24-12-8-6-11(7-9-12)20-15(23)10-22-14-5-3-2-4-13(14)21-17(22)25-16(18)19/h2-9,16H,10H2,1H3,(H,20,23). The zero-order valence-electron chi connectivity index (χ0n) is 13.3. The van der Waals surface area contributed by atoms with Crippen molar-refractivity contribution in [2.24, 2.45) is 0 Å². The molecule has 5 nitrogen and oxygen atoms in total. The predicted octanol–water partition coefficient (Wildman–Crippen LogP) is 4.00. The minimum atomic E-state index is -2.61. The van der Waals surface area contributed by atoms with Crippen molar-refractivity contribution in [3.05, 3.63) is 48.5 Å². The Morgan fingerprint density at radius 2 is 1.96 bits per heavy atom. The van der Waals surface area contributed by atoms with Crippen LogP contribution >= 0.6 is 11.8 Å². The van der Waals surface area contributed by atoms with E-state index in [2.05, 4.69) is 10.3 Å². The molecule has 8 heteroatoms. The van der Waals surface area contributed by atoms with Gasteiger partial charge in [-0.15, -0.1) is 0 Å². The largest absolute Gasteiger partial charge is 0.497 e. The minimum absolute atomic E-state index is 0.110. The summed E-state index contributed by atoms with van der Waals surface area (Å²) in [4.78, 5) is 16.5. The van der Waals surface area contributed by atoms with Crippen LogP contribution in [0.4, 0.5) is 14.5 Å². The Morgan fingerprint density at radius 3 is 2.64 bits per heavy atom. The first-order valence-corrected chi connectivity index (χ1v) is 8.29. The predicted molar refractivity (Wildman–Crippen MR) is 93.2 cm³/mol. The molecule has 1 aromatic heterocycles. The van der Waals surface area contributed by atoms with Crippen LogP contribution in [0.15, 0.2) is 53.7 Å². The van der Waals surface area contributed by atoms with E-state index in [0.717, 1.165) is 0 Å². The topological polar surface area (TPSA) is 56.1 Å². The number of hydrogen-bond acceptors (Lipinski definition) is 4. The highest BCUT2D eigenvalue weighted by Gasteiger charge is 2.17.